The molecule has 1 aromatic rings. The van der Waals surface area contributed by atoms with Gasteiger partial charge in [-0.25, -0.2) is 4.98 Å². The van der Waals surface area contributed by atoms with E-state index >= 15 is 0 Å². The second-order valence-electron chi connectivity index (χ2n) is 7.70. The monoisotopic (exact) mass is 303 g/mol. The van der Waals surface area contributed by atoms with E-state index in [2.05, 4.69) is 17.3 Å². The maximum Gasteiger partial charge on any atom is 0.113 e. The van der Waals surface area contributed by atoms with Crippen LogP contribution in [-0.2, 0) is 18.4 Å². The van der Waals surface area contributed by atoms with Crippen LogP contribution in [0.3, 0.4) is 0 Å². The molecule has 2 saturated heterocycles. The molecule has 2 aliphatic heterocycles. The molecule has 0 spiro atoms. The molecule has 21 heavy (non-hydrogen) atoms. The lowest BCUT2D eigenvalue weighted by Gasteiger charge is -2.45. The minimum absolute atomic E-state index is 0.203. The van der Waals surface area contributed by atoms with Crippen molar-refractivity contribution in [2.24, 2.45) is 0 Å². The summed E-state index contributed by atoms with van der Waals surface area (Å²) in [5.74, 6) is 0. The Hall–Kier alpha value is -0.450. The van der Waals surface area contributed by atoms with Crippen molar-refractivity contribution in [3.63, 3.8) is 0 Å². The maximum absolute atomic E-state index is 5.13. The first-order valence-corrected chi connectivity index (χ1v) is 9.54. The first-order chi connectivity index (χ1) is 10.2. The van der Waals surface area contributed by atoms with Gasteiger partial charge in [-0.15, -0.1) is 11.3 Å². The van der Waals surface area contributed by atoms with Crippen LogP contribution in [0.1, 0.15) is 60.5 Å². The van der Waals surface area contributed by atoms with Gasteiger partial charge in [-0.1, -0.05) is 0 Å². The molecular weight excluding hydrogens is 278 g/mol. The van der Waals surface area contributed by atoms with E-state index in [1.54, 1.807) is 4.88 Å². The number of nitrogens with one attached hydrogen (secondary N) is 1. The summed E-state index contributed by atoms with van der Waals surface area (Å²) >= 11 is 2.04. The topological polar surface area (TPSA) is 28.2 Å². The lowest BCUT2D eigenvalue weighted by molar-refractivity contribution is 0.0872. The molecule has 0 radical (unpaired) electrons. The summed E-state index contributed by atoms with van der Waals surface area (Å²) in [6, 6.07) is 2.31. The van der Waals surface area contributed by atoms with Gasteiger partial charge in [0.15, 0.2) is 0 Å². The lowest BCUT2D eigenvalue weighted by atomic mass is 9.83. The number of piperidine rings is 1. The molecule has 4 aliphatic rings. The Bertz CT molecular complexity index is 527. The van der Waals surface area contributed by atoms with E-state index in [1.165, 1.54) is 68.5 Å². The second kappa shape index (κ2) is 4.53. The zero-order valence-electron chi connectivity index (χ0n) is 12.9. The van der Waals surface area contributed by atoms with Gasteiger partial charge in [-0.05, 0) is 64.8 Å². The Balaban J connectivity index is 1.52. The van der Waals surface area contributed by atoms with E-state index in [4.69, 9.17) is 4.98 Å². The van der Waals surface area contributed by atoms with Gasteiger partial charge in [0.05, 0.1) is 11.2 Å². The predicted octanol–water partition coefficient (Wildman–Crippen LogP) is 2.84. The number of aryl methyl sites for hydroxylation is 2. The highest BCUT2D eigenvalue weighted by Gasteiger charge is 2.51. The number of thiazole rings is 1. The summed E-state index contributed by atoms with van der Waals surface area (Å²) in [6.07, 6.45) is 11.9. The van der Waals surface area contributed by atoms with E-state index in [9.17, 15) is 0 Å². The molecule has 3 heterocycles. The van der Waals surface area contributed by atoms with E-state index in [1.807, 2.05) is 11.3 Å². The second-order valence-corrected chi connectivity index (χ2v) is 8.79. The van der Waals surface area contributed by atoms with Crippen molar-refractivity contribution >= 4 is 11.3 Å². The third-order valence-electron chi connectivity index (χ3n) is 6.22. The van der Waals surface area contributed by atoms with Gasteiger partial charge in [0.25, 0.3) is 0 Å². The van der Waals surface area contributed by atoms with Crippen molar-refractivity contribution in [3.8, 4) is 0 Å². The fraction of sp³-hybridized carbons (Fsp3) is 0.824. The van der Waals surface area contributed by atoms with Crippen LogP contribution in [0.5, 0.6) is 0 Å². The average Bonchev–Trinajstić information content (AvgIpc) is 2.92. The van der Waals surface area contributed by atoms with Gasteiger partial charge in [-0.2, -0.15) is 0 Å². The first kappa shape index (κ1) is 13.0. The highest BCUT2D eigenvalue weighted by molar-refractivity contribution is 7.12. The Morgan fingerprint density at radius 1 is 1.14 bits per heavy atom. The molecule has 3 nitrogen and oxygen atoms in total. The lowest BCUT2D eigenvalue weighted by Crippen LogP contribution is -2.55. The van der Waals surface area contributed by atoms with Crippen LogP contribution in [0.4, 0.5) is 0 Å². The molecule has 4 heteroatoms. The van der Waals surface area contributed by atoms with Gasteiger partial charge < -0.3 is 10.2 Å². The Labute approximate surface area is 131 Å². The molecule has 1 saturated carbocycles. The van der Waals surface area contributed by atoms with Crippen LogP contribution < -0.4 is 5.32 Å². The predicted molar refractivity (Wildman–Crippen MR) is 85.8 cm³/mol. The van der Waals surface area contributed by atoms with Crippen molar-refractivity contribution in [2.75, 3.05) is 7.05 Å². The van der Waals surface area contributed by atoms with E-state index in [-0.39, 0.29) is 5.54 Å². The van der Waals surface area contributed by atoms with Crippen LogP contribution in [0.15, 0.2) is 0 Å². The number of nitrogens with zero attached hydrogens (tertiary/aromatic N) is 2. The smallest absolute Gasteiger partial charge is 0.113 e. The van der Waals surface area contributed by atoms with Crippen molar-refractivity contribution in [2.45, 2.75) is 81.5 Å². The minimum atomic E-state index is 0.203. The van der Waals surface area contributed by atoms with Crippen molar-refractivity contribution in [1.82, 2.24) is 15.2 Å². The third-order valence-corrected chi connectivity index (χ3v) is 7.58. The number of aromatic nitrogens is 1. The van der Waals surface area contributed by atoms with Gasteiger partial charge in [-0.3, -0.25) is 0 Å². The zero-order chi connectivity index (χ0) is 14.0. The first-order valence-electron chi connectivity index (χ1n) is 8.72. The van der Waals surface area contributed by atoms with Gasteiger partial charge in [0, 0.05) is 23.0 Å². The van der Waals surface area contributed by atoms with Crippen molar-refractivity contribution in [1.29, 1.82) is 0 Å². The number of rotatable bonds is 3. The standard InChI is InChI=1S/C17H25N3S/c1-20-12-7-8-13(20)10-17(9-12,19-11-5-6-11)16-18-14-3-2-4-15(14)21-16/h11-13,19H,2-10H2,1H3. The molecule has 114 valence electrons. The molecule has 3 fully saturated rings. The number of fused-ring (bicyclic) bond motifs is 3. The molecule has 1 aromatic heterocycles. The summed E-state index contributed by atoms with van der Waals surface area (Å²) in [5, 5.41) is 5.49. The highest BCUT2D eigenvalue weighted by Crippen LogP contribution is 2.48. The third kappa shape index (κ3) is 2.02. The molecular formula is C17H25N3S. The van der Waals surface area contributed by atoms with E-state index < -0.39 is 0 Å². The maximum atomic E-state index is 5.13. The molecule has 0 aromatic carbocycles. The summed E-state index contributed by atoms with van der Waals surface area (Å²) < 4.78 is 0. The van der Waals surface area contributed by atoms with Crippen LogP contribution in [-0.4, -0.2) is 35.1 Å². The van der Waals surface area contributed by atoms with Gasteiger partial charge in [0.2, 0.25) is 0 Å². The average molecular weight is 303 g/mol. The van der Waals surface area contributed by atoms with Crippen molar-refractivity contribution in [3.05, 3.63) is 15.6 Å². The summed E-state index contributed by atoms with van der Waals surface area (Å²) in [5.41, 5.74) is 1.63. The molecule has 2 bridgehead atoms. The Morgan fingerprint density at radius 2 is 1.90 bits per heavy atom. The summed E-state index contributed by atoms with van der Waals surface area (Å²) in [7, 11) is 2.34. The zero-order valence-corrected chi connectivity index (χ0v) is 13.7. The largest absolute Gasteiger partial charge is 0.302 e. The normalized spacial score (nSPS) is 38.9. The summed E-state index contributed by atoms with van der Waals surface area (Å²) in [6.45, 7) is 0. The quantitative estimate of drug-likeness (QED) is 0.930. The number of hydrogen-bond donors (Lipinski definition) is 1. The van der Waals surface area contributed by atoms with Crippen LogP contribution in [0, 0.1) is 0 Å². The molecule has 0 amide bonds. The Morgan fingerprint density at radius 3 is 2.57 bits per heavy atom. The molecule has 2 unspecified atom stereocenters. The minimum Gasteiger partial charge on any atom is -0.302 e. The van der Waals surface area contributed by atoms with Crippen LogP contribution >= 0.6 is 11.3 Å². The van der Waals surface area contributed by atoms with E-state index in [0.717, 1.165) is 18.1 Å². The SMILES string of the molecule is CN1C2CCC1CC(NC1CC1)(c1nc3c(s1)CCC3)C2. The van der Waals surface area contributed by atoms with Crippen molar-refractivity contribution < 1.29 is 0 Å². The van der Waals surface area contributed by atoms with Gasteiger partial charge in [0.1, 0.15) is 5.01 Å². The molecule has 2 aliphatic carbocycles. The fourth-order valence-electron chi connectivity index (χ4n) is 4.84. The number of hydrogen-bond acceptors (Lipinski definition) is 4. The van der Waals surface area contributed by atoms with Crippen LogP contribution in [0.2, 0.25) is 0 Å². The molecule has 5 rings (SSSR count). The summed E-state index contributed by atoms with van der Waals surface area (Å²) in [4.78, 5) is 9.36. The van der Waals surface area contributed by atoms with Crippen LogP contribution in [0.25, 0.3) is 0 Å². The molecule has 1 N–H and O–H groups in total. The van der Waals surface area contributed by atoms with Gasteiger partial charge >= 0.3 is 0 Å². The fourth-order valence-corrected chi connectivity index (χ4v) is 6.16. The van der Waals surface area contributed by atoms with E-state index in [0.29, 0.717) is 0 Å². The molecule has 2 atom stereocenters. The highest BCUT2D eigenvalue weighted by atomic mass is 32.1. The Kier molecular flexibility index (Phi) is 2.81.